The second kappa shape index (κ2) is 6.02. The van der Waals surface area contributed by atoms with E-state index in [9.17, 15) is 5.11 Å². The average molecular weight is 222 g/mol. The number of methoxy groups -OCH3 is 1. The third-order valence-corrected chi connectivity index (χ3v) is 2.83. The summed E-state index contributed by atoms with van der Waals surface area (Å²) < 4.78 is 5.14. The molecule has 1 unspecified atom stereocenters. The Morgan fingerprint density at radius 2 is 1.88 bits per heavy atom. The molecule has 1 rings (SSSR count). The van der Waals surface area contributed by atoms with Gasteiger partial charge >= 0.3 is 0 Å². The Kier molecular flexibility index (Phi) is 4.97. The van der Waals surface area contributed by atoms with Crippen LogP contribution in [0.5, 0.6) is 0 Å². The van der Waals surface area contributed by atoms with Crippen molar-refractivity contribution in [2.45, 2.75) is 32.3 Å². The third-order valence-electron chi connectivity index (χ3n) is 2.83. The van der Waals surface area contributed by atoms with Crippen LogP contribution in [-0.2, 0) is 10.3 Å². The van der Waals surface area contributed by atoms with Gasteiger partial charge < -0.3 is 9.84 Å². The van der Waals surface area contributed by atoms with Crippen LogP contribution in [-0.4, -0.2) is 18.8 Å². The molecule has 0 heterocycles. The van der Waals surface area contributed by atoms with Crippen molar-refractivity contribution in [2.24, 2.45) is 5.92 Å². The quantitative estimate of drug-likeness (QED) is 0.802. The Morgan fingerprint density at radius 3 is 2.38 bits per heavy atom. The molecule has 2 heteroatoms. The van der Waals surface area contributed by atoms with Crippen molar-refractivity contribution in [3.63, 3.8) is 0 Å². The Balaban J connectivity index is 2.79. The first-order valence-corrected chi connectivity index (χ1v) is 5.85. The Morgan fingerprint density at radius 1 is 1.25 bits per heavy atom. The average Bonchev–Trinajstić information content (AvgIpc) is 2.28. The molecule has 0 amide bonds. The lowest BCUT2D eigenvalue weighted by atomic mass is 9.87. The summed E-state index contributed by atoms with van der Waals surface area (Å²) in [7, 11) is 1.63. The zero-order chi connectivity index (χ0) is 12.0. The van der Waals surface area contributed by atoms with Crippen molar-refractivity contribution >= 4 is 0 Å². The van der Waals surface area contributed by atoms with E-state index in [2.05, 4.69) is 13.8 Å². The van der Waals surface area contributed by atoms with Crippen molar-refractivity contribution < 1.29 is 9.84 Å². The highest BCUT2D eigenvalue weighted by Gasteiger charge is 2.28. The maximum atomic E-state index is 10.6. The summed E-state index contributed by atoms with van der Waals surface area (Å²) in [6, 6.07) is 9.77. The van der Waals surface area contributed by atoms with E-state index in [0.29, 0.717) is 12.5 Å². The third kappa shape index (κ3) is 3.62. The minimum atomic E-state index is -0.847. The SMILES string of the molecule is COCC(O)(CCC(C)C)c1ccccc1. The predicted molar refractivity (Wildman–Crippen MR) is 66.3 cm³/mol. The molecule has 0 aliphatic rings. The van der Waals surface area contributed by atoms with Crippen LogP contribution in [0.1, 0.15) is 32.3 Å². The lowest BCUT2D eigenvalue weighted by Gasteiger charge is -2.28. The molecule has 1 atom stereocenters. The summed E-state index contributed by atoms with van der Waals surface area (Å²) in [4.78, 5) is 0. The number of rotatable bonds is 6. The smallest absolute Gasteiger partial charge is 0.113 e. The maximum Gasteiger partial charge on any atom is 0.113 e. The summed E-state index contributed by atoms with van der Waals surface area (Å²) in [6.45, 7) is 4.68. The first kappa shape index (κ1) is 13.2. The van der Waals surface area contributed by atoms with Gasteiger partial charge in [-0.2, -0.15) is 0 Å². The summed E-state index contributed by atoms with van der Waals surface area (Å²) in [6.07, 6.45) is 1.73. The van der Waals surface area contributed by atoms with Crippen LogP contribution >= 0.6 is 0 Å². The second-order valence-corrected chi connectivity index (χ2v) is 4.76. The molecule has 0 bridgehead atoms. The van der Waals surface area contributed by atoms with Crippen molar-refractivity contribution in [3.05, 3.63) is 35.9 Å². The summed E-state index contributed by atoms with van der Waals surface area (Å²) in [5.41, 5.74) is 0.0952. The maximum absolute atomic E-state index is 10.6. The zero-order valence-corrected chi connectivity index (χ0v) is 10.4. The zero-order valence-electron chi connectivity index (χ0n) is 10.4. The van der Waals surface area contributed by atoms with Gasteiger partial charge in [-0.05, 0) is 24.3 Å². The van der Waals surface area contributed by atoms with Gasteiger partial charge in [0.2, 0.25) is 0 Å². The molecule has 0 saturated heterocycles. The molecule has 16 heavy (non-hydrogen) atoms. The van der Waals surface area contributed by atoms with Gasteiger partial charge in [-0.25, -0.2) is 0 Å². The van der Waals surface area contributed by atoms with E-state index in [1.165, 1.54) is 0 Å². The molecule has 0 spiro atoms. The van der Waals surface area contributed by atoms with Crippen LogP contribution in [0.15, 0.2) is 30.3 Å². The van der Waals surface area contributed by atoms with E-state index in [4.69, 9.17) is 4.74 Å². The number of aliphatic hydroxyl groups is 1. The molecule has 90 valence electrons. The highest BCUT2D eigenvalue weighted by Crippen LogP contribution is 2.28. The summed E-state index contributed by atoms with van der Waals surface area (Å²) in [5.74, 6) is 0.590. The summed E-state index contributed by atoms with van der Waals surface area (Å²) >= 11 is 0. The lowest BCUT2D eigenvalue weighted by Crippen LogP contribution is -2.31. The Bertz CT molecular complexity index is 295. The predicted octanol–water partition coefficient (Wildman–Crippen LogP) is 2.96. The molecular formula is C14H22O2. The molecule has 0 aromatic heterocycles. The number of benzene rings is 1. The van der Waals surface area contributed by atoms with E-state index in [-0.39, 0.29) is 0 Å². The minimum absolute atomic E-state index is 0.351. The first-order valence-electron chi connectivity index (χ1n) is 5.85. The normalized spacial score (nSPS) is 15.1. The van der Waals surface area contributed by atoms with Crippen molar-refractivity contribution in [2.75, 3.05) is 13.7 Å². The van der Waals surface area contributed by atoms with Crippen LogP contribution in [0.3, 0.4) is 0 Å². The Labute approximate surface area is 98.3 Å². The fraction of sp³-hybridized carbons (Fsp3) is 0.571. The molecule has 1 aromatic carbocycles. The van der Waals surface area contributed by atoms with Crippen LogP contribution in [0.2, 0.25) is 0 Å². The second-order valence-electron chi connectivity index (χ2n) is 4.76. The van der Waals surface area contributed by atoms with E-state index < -0.39 is 5.60 Å². The fourth-order valence-electron chi connectivity index (χ4n) is 1.81. The molecule has 0 saturated carbocycles. The van der Waals surface area contributed by atoms with Gasteiger partial charge in [0.1, 0.15) is 5.60 Å². The van der Waals surface area contributed by atoms with Gasteiger partial charge in [-0.3, -0.25) is 0 Å². The largest absolute Gasteiger partial charge is 0.383 e. The molecule has 1 aromatic rings. The topological polar surface area (TPSA) is 29.5 Å². The highest BCUT2D eigenvalue weighted by molar-refractivity contribution is 5.22. The monoisotopic (exact) mass is 222 g/mol. The lowest BCUT2D eigenvalue weighted by molar-refractivity contribution is -0.0453. The van der Waals surface area contributed by atoms with Crippen LogP contribution in [0.25, 0.3) is 0 Å². The van der Waals surface area contributed by atoms with Crippen LogP contribution < -0.4 is 0 Å². The number of hydrogen-bond donors (Lipinski definition) is 1. The van der Waals surface area contributed by atoms with E-state index >= 15 is 0 Å². The number of hydrogen-bond acceptors (Lipinski definition) is 2. The molecular weight excluding hydrogens is 200 g/mol. The van der Waals surface area contributed by atoms with Gasteiger partial charge in [0.25, 0.3) is 0 Å². The molecule has 0 aliphatic carbocycles. The van der Waals surface area contributed by atoms with Crippen molar-refractivity contribution in [1.29, 1.82) is 0 Å². The standard InChI is InChI=1S/C14H22O2/c1-12(2)9-10-14(15,11-16-3)13-7-5-4-6-8-13/h4-8,12,15H,9-11H2,1-3H3. The van der Waals surface area contributed by atoms with Crippen molar-refractivity contribution in [3.8, 4) is 0 Å². The molecule has 0 radical (unpaired) electrons. The van der Waals surface area contributed by atoms with Gasteiger partial charge in [-0.15, -0.1) is 0 Å². The number of ether oxygens (including phenoxy) is 1. The Hall–Kier alpha value is -0.860. The van der Waals surface area contributed by atoms with E-state index in [1.807, 2.05) is 30.3 Å². The molecule has 1 N–H and O–H groups in total. The van der Waals surface area contributed by atoms with Crippen LogP contribution in [0, 0.1) is 5.92 Å². The highest BCUT2D eigenvalue weighted by atomic mass is 16.5. The van der Waals surface area contributed by atoms with E-state index in [1.54, 1.807) is 7.11 Å². The molecule has 2 nitrogen and oxygen atoms in total. The van der Waals surface area contributed by atoms with Gasteiger partial charge in [0.05, 0.1) is 6.61 Å². The van der Waals surface area contributed by atoms with Gasteiger partial charge in [-0.1, -0.05) is 44.2 Å². The fourth-order valence-corrected chi connectivity index (χ4v) is 1.81. The molecule has 0 fully saturated rings. The summed E-state index contributed by atoms with van der Waals surface area (Å²) in [5, 5.41) is 10.6. The van der Waals surface area contributed by atoms with E-state index in [0.717, 1.165) is 18.4 Å². The van der Waals surface area contributed by atoms with Crippen molar-refractivity contribution in [1.82, 2.24) is 0 Å². The van der Waals surface area contributed by atoms with Crippen LogP contribution in [0.4, 0.5) is 0 Å². The van der Waals surface area contributed by atoms with Gasteiger partial charge in [0.15, 0.2) is 0 Å². The van der Waals surface area contributed by atoms with Gasteiger partial charge in [0, 0.05) is 7.11 Å². The first-order chi connectivity index (χ1) is 7.58. The minimum Gasteiger partial charge on any atom is -0.383 e. The molecule has 0 aliphatic heterocycles.